The van der Waals surface area contributed by atoms with Gasteiger partial charge >= 0.3 is 11.9 Å². The van der Waals surface area contributed by atoms with Crippen LogP contribution in [0.5, 0.6) is 0 Å². The maximum absolute atomic E-state index is 15.4. The van der Waals surface area contributed by atoms with Crippen LogP contribution in [0.4, 0.5) is 13.2 Å². The Morgan fingerprint density at radius 3 is 2.71 bits per heavy atom. The second kappa shape index (κ2) is 10.8. The fraction of sp³-hybridized carbons (Fsp3) is 0.517. The van der Waals surface area contributed by atoms with Crippen molar-refractivity contribution >= 4 is 29.1 Å². The van der Waals surface area contributed by atoms with Crippen LogP contribution in [0.3, 0.4) is 0 Å². The third-order valence-corrected chi connectivity index (χ3v) is 9.63. The fourth-order valence-corrected chi connectivity index (χ4v) is 7.03. The molecular weight excluding hydrogens is 571 g/mol. The molecule has 13 heteroatoms. The summed E-state index contributed by atoms with van der Waals surface area (Å²) in [7, 11) is 0. The number of esters is 1. The third-order valence-electron chi connectivity index (χ3n) is 8.85. The number of fused-ring (bicyclic) bond motifs is 1. The molecule has 0 radical (unpaired) electrons. The van der Waals surface area contributed by atoms with Gasteiger partial charge in [0.1, 0.15) is 11.9 Å². The van der Waals surface area contributed by atoms with Crippen molar-refractivity contribution < 1.29 is 32.6 Å². The van der Waals surface area contributed by atoms with E-state index >= 15 is 8.78 Å². The predicted octanol–water partition coefficient (Wildman–Crippen LogP) is 3.62. The van der Waals surface area contributed by atoms with Crippen LogP contribution >= 0.6 is 11.3 Å². The first-order chi connectivity index (χ1) is 20.0. The number of thiazole rings is 1. The van der Waals surface area contributed by atoms with Gasteiger partial charge in [-0.2, -0.15) is 0 Å². The Kier molecular flexibility index (Phi) is 7.38. The van der Waals surface area contributed by atoms with Crippen molar-refractivity contribution in [1.82, 2.24) is 20.1 Å². The summed E-state index contributed by atoms with van der Waals surface area (Å²) in [5.74, 6) is -5.61. The summed E-state index contributed by atoms with van der Waals surface area (Å²) >= 11 is 1.32. The number of carbonyl (C=O) groups is 2. The lowest BCUT2D eigenvalue weighted by molar-refractivity contribution is -0.144. The van der Waals surface area contributed by atoms with E-state index in [0.29, 0.717) is 47.1 Å². The molecule has 2 saturated heterocycles. The Labute approximate surface area is 245 Å². The largest absolute Gasteiger partial charge is 0.481 e. The van der Waals surface area contributed by atoms with Gasteiger partial charge in [-0.15, -0.1) is 11.3 Å². The molecule has 0 spiro atoms. The van der Waals surface area contributed by atoms with E-state index < -0.39 is 53.6 Å². The SMILES string of the molecule is CCOC(=O)C1=C(CN2CC(F)(F)[C@H]3CN(CC4(C(=O)O)CC4)C[C@H]32)NC(c2nccs2)=N[C@H]1c1cccc(F)c1C. The van der Waals surface area contributed by atoms with Crippen LogP contribution in [-0.4, -0.2) is 89.0 Å². The predicted molar refractivity (Wildman–Crippen MR) is 149 cm³/mol. The molecule has 3 aliphatic heterocycles. The van der Waals surface area contributed by atoms with Gasteiger partial charge in [-0.25, -0.2) is 22.9 Å². The van der Waals surface area contributed by atoms with Gasteiger partial charge in [-0.3, -0.25) is 14.7 Å². The number of amidine groups is 1. The molecule has 3 fully saturated rings. The summed E-state index contributed by atoms with van der Waals surface area (Å²) in [5.41, 5.74) is 0.417. The number of rotatable bonds is 9. The van der Waals surface area contributed by atoms with Gasteiger partial charge in [0.15, 0.2) is 10.8 Å². The number of halogens is 3. The van der Waals surface area contributed by atoms with E-state index in [0.717, 1.165) is 0 Å². The Hall–Kier alpha value is -3.29. The number of alkyl halides is 2. The van der Waals surface area contributed by atoms with Gasteiger partial charge in [0, 0.05) is 49.5 Å². The first-order valence-corrected chi connectivity index (χ1v) is 14.9. The van der Waals surface area contributed by atoms with Gasteiger partial charge in [0.2, 0.25) is 0 Å². The first-order valence-electron chi connectivity index (χ1n) is 14.0. The zero-order valence-corrected chi connectivity index (χ0v) is 24.1. The number of aromatic nitrogens is 1. The Bertz CT molecular complexity index is 1460. The standard InChI is InChI=1S/C29H32F3N5O4S/c1-3-41-26(38)22-20(34-24(25-33-9-10-42-25)35-23(22)17-5-4-6-19(30)16(17)2)12-37-15-29(31,32)18-11-36(13-21(18)37)14-28(7-8-28)27(39)40/h4-6,9-10,18,21,23H,3,7-8,11-15H2,1-2H3,(H,34,35)(H,39,40)/t18-,21+,23-/m0/s1. The highest BCUT2D eigenvalue weighted by Crippen LogP contribution is 2.49. The van der Waals surface area contributed by atoms with E-state index in [2.05, 4.69) is 10.3 Å². The number of likely N-dealkylation sites (tertiary alicyclic amines) is 2. The van der Waals surface area contributed by atoms with E-state index in [4.69, 9.17) is 9.73 Å². The molecule has 1 aromatic carbocycles. The fourth-order valence-electron chi connectivity index (χ4n) is 6.44. The number of nitrogens with zero attached hydrogens (tertiary/aromatic N) is 4. The molecule has 1 aromatic heterocycles. The number of ether oxygens (including phenoxy) is 1. The van der Waals surface area contributed by atoms with Crippen LogP contribution in [0.25, 0.3) is 0 Å². The minimum Gasteiger partial charge on any atom is -0.481 e. The molecule has 2 N–H and O–H groups in total. The lowest BCUT2D eigenvalue weighted by Crippen LogP contribution is -2.44. The van der Waals surface area contributed by atoms with E-state index in [1.54, 1.807) is 42.5 Å². The molecular formula is C29H32F3N5O4S. The first kappa shape index (κ1) is 28.8. The number of nitrogens with one attached hydrogen (secondary N) is 1. The minimum atomic E-state index is -3.00. The molecule has 224 valence electrons. The second-order valence-corrected chi connectivity index (χ2v) is 12.4. The van der Waals surface area contributed by atoms with E-state index in [1.807, 2.05) is 4.90 Å². The summed E-state index contributed by atoms with van der Waals surface area (Å²) in [6, 6.07) is 3.08. The zero-order chi connectivity index (χ0) is 29.8. The summed E-state index contributed by atoms with van der Waals surface area (Å²) in [6.45, 7) is 3.48. The van der Waals surface area contributed by atoms with Crippen LogP contribution in [0.1, 0.15) is 41.9 Å². The number of carboxylic acid groups (broad SMARTS) is 1. The molecule has 0 bridgehead atoms. The monoisotopic (exact) mass is 603 g/mol. The Balaban J connectivity index is 1.37. The zero-order valence-electron chi connectivity index (χ0n) is 23.3. The van der Waals surface area contributed by atoms with E-state index in [-0.39, 0.29) is 31.8 Å². The maximum atomic E-state index is 15.4. The molecule has 9 nitrogen and oxygen atoms in total. The highest BCUT2D eigenvalue weighted by Gasteiger charge is 2.60. The van der Waals surface area contributed by atoms with E-state index in [9.17, 15) is 19.1 Å². The lowest BCUT2D eigenvalue weighted by Gasteiger charge is -2.32. The van der Waals surface area contributed by atoms with Crippen molar-refractivity contribution in [2.75, 3.05) is 39.3 Å². The number of hydrogen-bond acceptors (Lipinski definition) is 9. The molecule has 6 rings (SSSR count). The van der Waals surface area contributed by atoms with Crippen molar-refractivity contribution in [3.05, 3.63) is 63.0 Å². The van der Waals surface area contributed by atoms with Crippen LogP contribution in [0, 0.1) is 24.1 Å². The number of carbonyl (C=O) groups excluding carboxylic acids is 1. The van der Waals surface area contributed by atoms with Crippen LogP contribution < -0.4 is 5.32 Å². The van der Waals surface area contributed by atoms with Gasteiger partial charge in [0.05, 0.1) is 30.1 Å². The van der Waals surface area contributed by atoms with E-state index in [1.165, 1.54) is 17.4 Å². The number of carboxylic acids is 1. The molecule has 1 aliphatic carbocycles. The number of aliphatic imine (C=N–C) groups is 1. The molecule has 0 unspecified atom stereocenters. The molecule has 42 heavy (non-hydrogen) atoms. The van der Waals surface area contributed by atoms with Gasteiger partial charge in [-0.05, 0) is 43.9 Å². The van der Waals surface area contributed by atoms with Crippen molar-refractivity contribution in [1.29, 1.82) is 0 Å². The number of hydrogen-bond donors (Lipinski definition) is 2. The van der Waals surface area contributed by atoms with Crippen molar-refractivity contribution in [3.63, 3.8) is 0 Å². The summed E-state index contributed by atoms with van der Waals surface area (Å²) in [5, 5.41) is 15.1. The molecule has 4 heterocycles. The highest BCUT2D eigenvalue weighted by atomic mass is 32.1. The second-order valence-electron chi connectivity index (χ2n) is 11.5. The van der Waals surface area contributed by atoms with Gasteiger partial charge in [0.25, 0.3) is 5.92 Å². The van der Waals surface area contributed by atoms with Crippen molar-refractivity contribution in [3.8, 4) is 0 Å². The molecule has 0 amide bonds. The minimum absolute atomic E-state index is 0.0297. The summed E-state index contributed by atoms with van der Waals surface area (Å²) < 4.78 is 50.9. The molecule has 3 atom stereocenters. The number of benzene rings is 1. The van der Waals surface area contributed by atoms with Crippen molar-refractivity contribution in [2.24, 2.45) is 16.3 Å². The average Bonchev–Trinajstić information content (AvgIpc) is 3.24. The van der Waals surface area contributed by atoms with Crippen LogP contribution in [0.2, 0.25) is 0 Å². The van der Waals surface area contributed by atoms with Gasteiger partial charge < -0.3 is 20.1 Å². The smallest absolute Gasteiger partial charge is 0.338 e. The molecule has 1 saturated carbocycles. The quantitative estimate of drug-likeness (QED) is 0.419. The van der Waals surface area contributed by atoms with Crippen LogP contribution in [-0.2, 0) is 14.3 Å². The number of aliphatic carboxylic acids is 1. The molecule has 2 aromatic rings. The average molecular weight is 604 g/mol. The third kappa shape index (κ3) is 5.11. The topological polar surface area (TPSA) is 107 Å². The lowest BCUT2D eigenvalue weighted by atomic mass is 9.92. The Morgan fingerprint density at radius 1 is 1.26 bits per heavy atom. The summed E-state index contributed by atoms with van der Waals surface area (Å²) in [4.78, 5) is 37.8. The highest BCUT2D eigenvalue weighted by molar-refractivity contribution is 7.11. The summed E-state index contributed by atoms with van der Waals surface area (Å²) in [6.07, 6.45) is 2.71. The normalized spacial score (nSPS) is 26.5. The van der Waals surface area contributed by atoms with Gasteiger partial charge in [-0.1, -0.05) is 12.1 Å². The maximum Gasteiger partial charge on any atom is 0.338 e. The molecule has 4 aliphatic rings. The Morgan fingerprint density at radius 2 is 2.05 bits per heavy atom. The van der Waals surface area contributed by atoms with Crippen LogP contribution in [0.15, 0.2) is 46.0 Å². The van der Waals surface area contributed by atoms with Crippen molar-refractivity contribution in [2.45, 2.75) is 44.7 Å².